The first kappa shape index (κ1) is 14.8. The molecule has 0 aliphatic rings. The average molecular weight is 314 g/mol. The van der Waals surface area contributed by atoms with Crippen molar-refractivity contribution in [2.24, 2.45) is 0 Å². The average Bonchev–Trinajstić information content (AvgIpc) is 2.93. The van der Waals surface area contributed by atoms with Crippen LogP contribution in [0.3, 0.4) is 0 Å². The predicted octanol–water partition coefficient (Wildman–Crippen LogP) is 3.79. The molecule has 22 heavy (non-hydrogen) atoms. The van der Waals surface area contributed by atoms with E-state index in [1.165, 1.54) is 4.88 Å². The lowest BCUT2D eigenvalue weighted by Gasteiger charge is -2.06. The molecule has 0 atom stereocenters. The van der Waals surface area contributed by atoms with Gasteiger partial charge in [-0.05, 0) is 24.1 Å². The zero-order valence-corrected chi connectivity index (χ0v) is 13.7. The summed E-state index contributed by atoms with van der Waals surface area (Å²) in [5.74, 6) is 1.52. The standard InChI is InChI=1S/C17H18N2O2S/c1-4-12-14(10-7-6-8-11(9-10)21-3)15-16(20)18-13(5-2)19-17(15)22-12/h6-9H,4-5H2,1-3H3,(H,18,19,20). The van der Waals surface area contributed by atoms with Gasteiger partial charge in [-0.25, -0.2) is 4.98 Å². The summed E-state index contributed by atoms with van der Waals surface area (Å²) in [6.45, 7) is 4.09. The lowest BCUT2D eigenvalue weighted by Crippen LogP contribution is -2.10. The second-order valence-electron chi connectivity index (χ2n) is 5.03. The molecule has 0 amide bonds. The highest BCUT2D eigenvalue weighted by molar-refractivity contribution is 7.19. The number of methoxy groups -OCH3 is 1. The van der Waals surface area contributed by atoms with Gasteiger partial charge >= 0.3 is 0 Å². The molecule has 1 N–H and O–H groups in total. The van der Waals surface area contributed by atoms with E-state index in [1.54, 1.807) is 18.4 Å². The van der Waals surface area contributed by atoms with Crippen LogP contribution in [-0.2, 0) is 12.8 Å². The number of nitrogens with one attached hydrogen (secondary N) is 1. The maximum Gasteiger partial charge on any atom is 0.260 e. The number of ether oxygens (including phenoxy) is 1. The van der Waals surface area contributed by atoms with Gasteiger partial charge in [0.15, 0.2) is 0 Å². The topological polar surface area (TPSA) is 55.0 Å². The van der Waals surface area contributed by atoms with E-state index >= 15 is 0 Å². The Morgan fingerprint density at radius 1 is 1.27 bits per heavy atom. The number of rotatable bonds is 4. The molecule has 0 bridgehead atoms. The van der Waals surface area contributed by atoms with E-state index in [4.69, 9.17) is 4.74 Å². The van der Waals surface area contributed by atoms with Gasteiger partial charge in [-0.15, -0.1) is 11.3 Å². The second-order valence-corrected chi connectivity index (χ2v) is 6.12. The van der Waals surface area contributed by atoms with Crippen LogP contribution in [0.25, 0.3) is 21.3 Å². The van der Waals surface area contributed by atoms with Gasteiger partial charge in [0, 0.05) is 16.9 Å². The van der Waals surface area contributed by atoms with Crippen molar-refractivity contribution in [3.63, 3.8) is 0 Å². The molecule has 5 heteroatoms. The normalized spacial score (nSPS) is 11.0. The number of aromatic nitrogens is 2. The fourth-order valence-corrected chi connectivity index (χ4v) is 3.75. The van der Waals surface area contributed by atoms with E-state index in [0.717, 1.165) is 40.4 Å². The van der Waals surface area contributed by atoms with Crippen molar-refractivity contribution in [1.82, 2.24) is 9.97 Å². The molecule has 0 aliphatic heterocycles. The molecule has 0 saturated carbocycles. The summed E-state index contributed by atoms with van der Waals surface area (Å²) in [7, 11) is 1.65. The zero-order chi connectivity index (χ0) is 15.7. The third kappa shape index (κ3) is 2.41. The maximum atomic E-state index is 12.5. The quantitative estimate of drug-likeness (QED) is 0.797. The number of nitrogens with zero attached hydrogens (tertiary/aromatic N) is 1. The molecule has 3 rings (SSSR count). The Morgan fingerprint density at radius 2 is 2.09 bits per heavy atom. The van der Waals surface area contributed by atoms with Crippen molar-refractivity contribution >= 4 is 21.6 Å². The van der Waals surface area contributed by atoms with E-state index < -0.39 is 0 Å². The summed E-state index contributed by atoms with van der Waals surface area (Å²) >= 11 is 1.60. The van der Waals surface area contributed by atoms with Gasteiger partial charge in [0.25, 0.3) is 5.56 Å². The number of benzene rings is 1. The smallest absolute Gasteiger partial charge is 0.260 e. The number of aromatic amines is 1. The molecule has 0 aliphatic carbocycles. The largest absolute Gasteiger partial charge is 0.497 e. The molecule has 0 saturated heterocycles. The number of fused-ring (bicyclic) bond motifs is 1. The van der Waals surface area contributed by atoms with Gasteiger partial charge in [-0.3, -0.25) is 4.79 Å². The molecule has 4 nitrogen and oxygen atoms in total. The molecular formula is C17H18N2O2S. The van der Waals surface area contributed by atoms with E-state index in [1.807, 2.05) is 31.2 Å². The monoisotopic (exact) mass is 314 g/mol. The van der Waals surface area contributed by atoms with Gasteiger partial charge in [0.1, 0.15) is 16.4 Å². The molecule has 0 fully saturated rings. The fourth-order valence-electron chi connectivity index (χ4n) is 2.60. The minimum atomic E-state index is -0.0596. The number of H-pyrrole nitrogens is 1. The Kier molecular flexibility index (Phi) is 3.98. The molecule has 2 aromatic heterocycles. The Hall–Kier alpha value is -2.14. The summed E-state index contributed by atoms with van der Waals surface area (Å²) in [6, 6.07) is 7.82. The van der Waals surface area contributed by atoms with E-state index in [0.29, 0.717) is 5.39 Å². The molecule has 3 aromatic rings. The van der Waals surface area contributed by atoms with E-state index in [2.05, 4.69) is 16.9 Å². The zero-order valence-electron chi connectivity index (χ0n) is 12.9. The van der Waals surface area contributed by atoms with Crippen molar-refractivity contribution in [3.8, 4) is 16.9 Å². The summed E-state index contributed by atoms with van der Waals surface area (Å²) in [4.78, 5) is 22.0. The summed E-state index contributed by atoms with van der Waals surface area (Å²) in [5.41, 5.74) is 1.92. The molecular weight excluding hydrogens is 296 g/mol. The van der Waals surface area contributed by atoms with Crippen molar-refractivity contribution in [2.75, 3.05) is 7.11 Å². The first-order valence-electron chi connectivity index (χ1n) is 7.36. The fraction of sp³-hybridized carbons (Fsp3) is 0.294. The highest BCUT2D eigenvalue weighted by atomic mass is 32.1. The van der Waals surface area contributed by atoms with Gasteiger partial charge in [-0.2, -0.15) is 0 Å². The highest BCUT2D eigenvalue weighted by Crippen LogP contribution is 2.37. The van der Waals surface area contributed by atoms with Gasteiger partial charge in [-0.1, -0.05) is 26.0 Å². The minimum absolute atomic E-state index is 0.0596. The number of hydrogen-bond donors (Lipinski definition) is 1. The van der Waals surface area contributed by atoms with Gasteiger partial charge < -0.3 is 9.72 Å². The maximum absolute atomic E-state index is 12.5. The van der Waals surface area contributed by atoms with Crippen molar-refractivity contribution in [2.45, 2.75) is 26.7 Å². The Labute approximate surface area is 132 Å². The second kappa shape index (κ2) is 5.93. The van der Waals surface area contributed by atoms with Crippen LogP contribution >= 0.6 is 11.3 Å². The Balaban J connectivity index is 2.34. The molecule has 2 heterocycles. The number of hydrogen-bond acceptors (Lipinski definition) is 4. The van der Waals surface area contributed by atoms with Crippen LogP contribution in [0.5, 0.6) is 5.75 Å². The van der Waals surface area contributed by atoms with E-state index in [-0.39, 0.29) is 5.56 Å². The van der Waals surface area contributed by atoms with Crippen molar-refractivity contribution in [3.05, 3.63) is 45.3 Å². The third-order valence-electron chi connectivity index (χ3n) is 3.70. The van der Waals surface area contributed by atoms with Crippen LogP contribution < -0.4 is 10.3 Å². The predicted molar refractivity (Wildman–Crippen MR) is 91.0 cm³/mol. The summed E-state index contributed by atoms with van der Waals surface area (Å²) < 4.78 is 5.31. The van der Waals surface area contributed by atoms with Gasteiger partial charge in [0.2, 0.25) is 0 Å². The number of aryl methyl sites for hydroxylation is 2. The van der Waals surface area contributed by atoms with Crippen LogP contribution in [0, 0.1) is 0 Å². The highest BCUT2D eigenvalue weighted by Gasteiger charge is 2.18. The van der Waals surface area contributed by atoms with Crippen LogP contribution in [0.15, 0.2) is 29.1 Å². The Bertz CT molecular complexity index is 880. The number of thiophene rings is 1. The van der Waals surface area contributed by atoms with Crippen LogP contribution in [-0.4, -0.2) is 17.1 Å². The van der Waals surface area contributed by atoms with Crippen LogP contribution in [0.4, 0.5) is 0 Å². The first-order chi connectivity index (χ1) is 10.7. The van der Waals surface area contributed by atoms with Crippen molar-refractivity contribution < 1.29 is 4.74 Å². The van der Waals surface area contributed by atoms with Crippen LogP contribution in [0.1, 0.15) is 24.5 Å². The van der Waals surface area contributed by atoms with Gasteiger partial charge in [0.05, 0.1) is 12.5 Å². The van der Waals surface area contributed by atoms with E-state index in [9.17, 15) is 4.79 Å². The lowest BCUT2D eigenvalue weighted by atomic mass is 10.0. The molecule has 0 radical (unpaired) electrons. The third-order valence-corrected chi connectivity index (χ3v) is 4.93. The molecule has 1 aromatic carbocycles. The first-order valence-corrected chi connectivity index (χ1v) is 8.18. The summed E-state index contributed by atoms with van der Waals surface area (Å²) in [5, 5.41) is 0.687. The SMILES string of the molecule is CCc1nc2sc(CC)c(-c3cccc(OC)c3)c2c(=O)[nH]1. The van der Waals surface area contributed by atoms with Crippen LogP contribution in [0.2, 0.25) is 0 Å². The lowest BCUT2D eigenvalue weighted by molar-refractivity contribution is 0.415. The molecule has 114 valence electrons. The molecule has 0 unspecified atom stereocenters. The Morgan fingerprint density at radius 3 is 2.77 bits per heavy atom. The summed E-state index contributed by atoms with van der Waals surface area (Å²) in [6.07, 6.45) is 1.59. The minimum Gasteiger partial charge on any atom is -0.497 e. The molecule has 0 spiro atoms. The van der Waals surface area contributed by atoms with Crippen molar-refractivity contribution in [1.29, 1.82) is 0 Å².